The predicted molar refractivity (Wildman–Crippen MR) is 79.4 cm³/mol. The first-order valence-corrected chi connectivity index (χ1v) is 7.80. The van der Waals surface area contributed by atoms with Gasteiger partial charge in [0.15, 0.2) is 0 Å². The van der Waals surface area contributed by atoms with Crippen LogP contribution in [0.5, 0.6) is 0 Å². The summed E-state index contributed by atoms with van der Waals surface area (Å²) in [5.74, 6) is 0.0702. The molecule has 1 fully saturated rings. The number of likely N-dealkylation sites (tertiary alicyclic amines) is 1. The average Bonchev–Trinajstić information content (AvgIpc) is 2.37. The zero-order valence-corrected chi connectivity index (χ0v) is 13.3. The van der Waals surface area contributed by atoms with Crippen LogP contribution in [0, 0.1) is 17.3 Å². The molecule has 1 aliphatic rings. The number of amides is 1. The number of piperidine rings is 1. The van der Waals surface area contributed by atoms with Gasteiger partial charge in [0, 0.05) is 19.0 Å². The van der Waals surface area contributed by atoms with Gasteiger partial charge in [-0.1, -0.05) is 40.5 Å². The summed E-state index contributed by atoms with van der Waals surface area (Å²) in [5.41, 5.74) is -0.608. The molecule has 1 rings (SSSR count). The normalized spacial score (nSPS) is 18.6. The van der Waals surface area contributed by atoms with Crippen molar-refractivity contribution >= 4 is 11.9 Å². The lowest BCUT2D eigenvalue weighted by Crippen LogP contribution is -2.47. The van der Waals surface area contributed by atoms with Gasteiger partial charge in [-0.2, -0.15) is 0 Å². The quantitative estimate of drug-likeness (QED) is 0.814. The molecule has 0 aromatic heterocycles. The molecular formula is C16H29NO3. The van der Waals surface area contributed by atoms with E-state index >= 15 is 0 Å². The first kappa shape index (κ1) is 17.0. The third-order valence-electron chi connectivity index (χ3n) is 4.42. The summed E-state index contributed by atoms with van der Waals surface area (Å²) in [6.45, 7) is 9.29. The highest BCUT2D eigenvalue weighted by Gasteiger charge is 2.41. The highest BCUT2D eigenvalue weighted by atomic mass is 16.4. The Labute approximate surface area is 122 Å². The highest BCUT2D eigenvalue weighted by Crippen LogP contribution is 2.37. The van der Waals surface area contributed by atoms with Gasteiger partial charge in [-0.15, -0.1) is 0 Å². The largest absolute Gasteiger partial charge is 0.481 e. The van der Waals surface area contributed by atoms with Gasteiger partial charge in [-0.3, -0.25) is 9.59 Å². The van der Waals surface area contributed by atoms with E-state index in [0.29, 0.717) is 31.8 Å². The number of aliphatic carboxylic acids is 1. The molecule has 116 valence electrons. The van der Waals surface area contributed by atoms with E-state index in [0.717, 1.165) is 19.3 Å². The van der Waals surface area contributed by atoms with Gasteiger partial charge in [-0.05, 0) is 25.2 Å². The summed E-state index contributed by atoms with van der Waals surface area (Å²) in [6.07, 6.45) is 3.97. The fourth-order valence-electron chi connectivity index (χ4n) is 2.94. The molecule has 1 aliphatic heterocycles. The molecule has 0 spiro atoms. The highest BCUT2D eigenvalue weighted by molar-refractivity contribution is 5.79. The Hall–Kier alpha value is -1.06. The fraction of sp³-hybridized carbons (Fsp3) is 0.875. The number of hydrogen-bond donors (Lipinski definition) is 1. The summed E-state index contributed by atoms with van der Waals surface area (Å²) in [5, 5.41) is 9.58. The molecule has 20 heavy (non-hydrogen) atoms. The molecule has 4 heteroatoms. The third-order valence-corrected chi connectivity index (χ3v) is 4.42. The molecule has 1 amide bonds. The Morgan fingerprint density at radius 2 is 1.70 bits per heavy atom. The second-order valence-corrected chi connectivity index (χ2v) is 6.85. The smallest absolute Gasteiger partial charge is 0.309 e. The topological polar surface area (TPSA) is 57.6 Å². The van der Waals surface area contributed by atoms with E-state index in [1.807, 2.05) is 18.7 Å². The maximum absolute atomic E-state index is 12.0. The lowest BCUT2D eigenvalue weighted by Gasteiger charge is -2.39. The van der Waals surface area contributed by atoms with E-state index in [2.05, 4.69) is 13.8 Å². The Kier molecular flexibility index (Phi) is 6.03. The summed E-state index contributed by atoms with van der Waals surface area (Å²) in [7, 11) is 0. The maximum Gasteiger partial charge on any atom is 0.309 e. The van der Waals surface area contributed by atoms with Gasteiger partial charge in [0.05, 0.1) is 5.41 Å². The van der Waals surface area contributed by atoms with E-state index in [9.17, 15) is 14.7 Å². The first-order chi connectivity index (χ1) is 9.28. The minimum atomic E-state index is -0.682. The second kappa shape index (κ2) is 7.09. The summed E-state index contributed by atoms with van der Waals surface area (Å²) in [4.78, 5) is 25.4. The van der Waals surface area contributed by atoms with Gasteiger partial charge in [0.1, 0.15) is 0 Å². The summed E-state index contributed by atoms with van der Waals surface area (Å²) >= 11 is 0. The summed E-state index contributed by atoms with van der Waals surface area (Å²) in [6, 6.07) is 0. The molecule has 0 radical (unpaired) electrons. The minimum absolute atomic E-state index is 0.00623. The second-order valence-electron chi connectivity index (χ2n) is 6.85. The lowest BCUT2D eigenvalue weighted by atomic mass is 9.74. The van der Waals surface area contributed by atoms with E-state index < -0.39 is 11.4 Å². The van der Waals surface area contributed by atoms with Gasteiger partial charge in [-0.25, -0.2) is 0 Å². The van der Waals surface area contributed by atoms with E-state index in [4.69, 9.17) is 0 Å². The molecule has 0 saturated carbocycles. The van der Waals surface area contributed by atoms with Crippen molar-refractivity contribution in [3.05, 3.63) is 0 Å². The van der Waals surface area contributed by atoms with Gasteiger partial charge in [0.25, 0.3) is 0 Å². The van der Waals surface area contributed by atoms with Crippen LogP contribution in [0.1, 0.15) is 59.8 Å². The standard InChI is InChI=1S/C16H29NO3/c1-12(2)6-5-7-16(15(19)20)8-10-17(11-9-16)14(18)13(3)4/h12-13H,5-11H2,1-4H3,(H,19,20). The Morgan fingerprint density at radius 1 is 1.15 bits per heavy atom. The SMILES string of the molecule is CC(C)CCCC1(C(=O)O)CCN(C(=O)C(C)C)CC1. The number of nitrogens with zero attached hydrogens (tertiary/aromatic N) is 1. The molecule has 1 N–H and O–H groups in total. The van der Waals surface area contributed by atoms with Crippen LogP contribution in [-0.2, 0) is 9.59 Å². The maximum atomic E-state index is 12.0. The molecule has 1 saturated heterocycles. The van der Waals surface area contributed by atoms with Crippen LogP contribution < -0.4 is 0 Å². The molecule has 0 unspecified atom stereocenters. The van der Waals surface area contributed by atoms with Gasteiger partial charge >= 0.3 is 5.97 Å². The van der Waals surface area contributed by atoms with Crippen LogP contribution in [0.25, 0.3) is 0 Å². The molecule has 4 nitrogen and oxygen atoms in total. The van der Waals surface area contributed by atoms with E-state index in [-0.39, 0.29) is 11.8 Å². The molecule has 1 heterocycles. The predicted octanol–water partition coefficient (Wildman–Crippen LogP) is 3.16. The number of carboxylic acids is 1. The van der Waals surface area contributed by atoms with Crippen molar-refractivity contribution < 1.29 is 14.7 Å². The number of hydrogen-bond acceptors (Lipinski definition) is 2. The average molecular weight is 283 g/mol. The van der Waals surface area contributed by atoms with Crippen LogP contribution in [0.15, 0.2) is 0 Å². The number of carboxylic acid groups (broad SMARTS) is 1. The van der Waals surface area contributed by atoms with Crippen molar-refractivity contribution in [2.75, 3.05) is 13.1 Å². The van der Waals surface area contributed by atoms with Crippen LogP contribution in [0.2, 0.25) is 0 Å². The molecule has 0 aromatic rings. The number of rotatable bonds is 6. The Balaban J connectivity index is 2.59. The third kappa shape index (κ3) is 4.22. The van der Waals surface area contributed by atoms with Crippen molar-refractivity contribution in [2.45, 2.75) is 59.8 Å². The number of carbonyl (C=O) groups is 2. The first-order valence-electron chi connectivity index (χ1n) is 7.80. The van der Waals surface area contributed by atoms with Crippen LogP contribution in [-0.4, -0.2) is 35.0 Å². The van der Waals surface area contributed by atoms with E-state index in [1.54, 1.807) is 0 Å². The van der Waals surface area contributed by atoms with Crippen molar-refractivity contribution in [3.8, 4) is 0 Å². The molecule has 0 atom stereocenters. The van der Waals surface area contributed by atoms with Crippen LogP contribution >= 0.6 is 0 Å². The minimum Gasteiger partial charge on any atom is -0.481 e. The fourth-order valence-corrected chi connectivity index (χ4v) is 2.94. The van der Waals surface area contributed by atoms with Crippen molar-refractivity contribution in [2.24, 2.45) is 17.3 Å². The zero-order valence-electron chi connectivity index (χ0n) is 13.3. The zero-order chi connectivity index (χ0) is 15.3. The van der Waals surface area contributed by atoms with Crippen LogP contribution in [0.4, 0.5) is 0 Å². The molecular weight excluding hydrogens is 254 g/mol. The molecule has 0 bridgehead atoms. The Morgan fingerprint density at radius 3 is 2.10 bits per heavy atom. The lowest BCUT2D eigenvalue weighted by molar-refractivity contribution is -0.155. The van der Waals surface area contributed by atoms with Crippen molar-refractivity contribution in [3.63, 3.8) is 0 Å². The number of carbonyl (C=O) groups excluding carboxylic acids is 1. The summed E-state index contributed by atoms with van der Waals surface area (Å²) < 4.78 is 0. The Bertz CT molecular complexity index is 342. The monoisotopic (exact) mass is 283 g/mol. The van der Waals surface area contributed by atoms with Crippen molar-refractivity contribution in [1.29, 1.82) is 0 Å². The van der Waals surface area contributed by atoms with E-state index in [1.165, 1.54) is 0 Å². The van der Waals surface area contributed by atoms with Gasteiger partial charge in [0.2, 0.25) is 5.91 Å². The molecule has 0 aliphatic carbocycles. The van der Waals surface area contributed by atoms with Crippen molar-refractivity contribution in [1.82, 2.24) is 4.90 Å². The molecule has 0 aromatic carbocycles. The van der Waals surface area contributed by atoms with Gasteiger partial charge < -0.3 is 10.0 Å². The van der Waals surface area contributed by atoms with Crippen LogP contribution in [0.3, 0.4) is 0 Å².